The third-order valence-corrected chi connectivity index (χ3v) is 4.07. The van der Waals surface area contributed by atoms with Crippen LogP contribution in [0, 0.1) is 0 Å². The highest BCUT2D eigenvalue weighted by molar-refractivity contribution is 6.37. The summed E-state index contributed by atoms with van der Waals surface area (Å²) in [5.41, 5.74) is 0.814. The lowest BCUT2D eigenvalue weighted by Crippen LogP contribution is -2.23. The molecule has 0 saturated heterocycles. The molecule has 152 valence electrons. The molecule has 3 rings (SSSR count). The molecule has 0 bridgehead atoms. The number of rotatable bonds is 5. The number of hydrogen-bond acceptors (Lipinski definition) is 6. The molecule has 2 aromatic carbocycles. The molecule has 0 fully saturated rings. The third kappa shape index (κ3) is 5.30. The lowest BCUT2D eigenvalue weighted by atomic mass is 10.2. The summed E-state index contributed by atoms with van der Waals surface area (Å²) in [6, 6.07) is 7.64. The largest absolute Gasteiger partial charge is 0.573 e. The van der Waals surface area contributed by atoms with Crippen LogP contribution in [0.25, 0.3) is 11.5 Å². The Morgan fingerprint density at radius 3 is 2.34 bits per heavy atom. The summed E-state index contributed by atoms with van der Waals surface area (Å²) in [6.07, 6.45) is -4.78. The average molecular weight is 448 g/mol. The van der Waals surface area contributed by atoms with Gasteiger partial charge in [-0.05, 0) is 29.8 Å². The normalized spacial score (nSPS) is 11.3. The first-order chi connectivity index (χ1) is 13.6. The molecule has 1 aromatic heterocycles. The topological polar surface area (TPSA) is 97.5 Å². The zero-order valence-corrected chi connectivity index (χ0v) is 15.6. The second-order valence-electron chi connectivity index (χ2n) is 5.58. The standard InChI is InChI=1S/C17H10Cl2F3N3O4/c18-11-5-9(6-12(19)13(11)26)15-24-25-16(28-15)14(27)23-7-8-1-3-10(4-2-8)29-17(20,21)22/h1-6,26H,7H2,(H,23,27). The van der Waals surface area contributed by atoms with Gasteiger partial charge in [0.15, 0.2) is 5.75 Å². The van der Waals surface area contributed by atoms with Gasteiger partial charge in [0.05, 0.1) is 10.0 Å². The van der Waals surface area contributed by atoms with Crippen molar-refractivity contribution in [3.8, 4) is 23.0 Å². The smallest absolute Gasteiger partial charge is 0.505 e. The third-order valence-electron chi connectivity index (χ3n) is 3.49. The van der Waals surface area contributed by atoms with Gasteiger partial charge in [-0.1, -0.05) is 35.3 Å². The Balaban J connectivity index is 1.64. The van der Waals surface area contributed by atoms with Gasteiger partial charge >= 0.3 is 18.2 Å². The van der Waals surface area contributed by atoms with E-state index in [-0.39, 0.29) is 39.9 Å². The van der Waals surface area contributed by atoms with E-state index in [1.165, 1.54) is 24.3 Å². The molecule has 0 aliphatic carbocycles. The minimum Gasteiger partial charge on any atom is -0.505 e. The van der Waals surface area contributed by atoms with Crippen LogP contribution in [0.5, 0.6) is 11.5 Å². The fraction of sp³-hybridized carbons (Fsp3) is 0.118. The lowest BCUT2D eigenvalue weighted by Gasteiger charge is -2.09. The van der Waals surface area contributed by atoms with Crippen LogP contribution in [0.1, 0.15) is 16.2 Å². The van der Waals surface area contributed by atoms with Gasteiger partial charge in [0.25, 0.3) is 0 Å². The van der Waals surface area contributed by atoms with Crippen molar-refractivity contribution in [1.29, 1.82) is 0 Å². The van der Waals surface area contributed by atoms with Crippen LogP contribution in [-0.2, 0) is 6.54 Å². The summed E-state index contributed by atoms with van der Waals surface area (Å²) in [5.74, 6) is -1.78. The van der Waals surface area contributed by atoms with Crippen LogP contribution in [0.4, 0.5) is 13.2 Å². The molecule has 0 aliphatic rings. The zero-order valence-electron chi connectivity index (χ0n) is 14.1. The number of amides is 1. The van der Waals surface area contributed by atoms with Gasteiger partial charge in [-0.15, -0.1) is 23.4 Å². The maximum atomic E-state index is 12.1. The number of aromatic nitrogens is 2. The number of benzene rings is 2. The van der Waals surface area contributed by atoms with Gasteiger partial charge < -0.3 is 19.6 Å². The van der Waals surface area contributed by atoms with Crippen molar-refractivity contribution in [2.45, 2.75) is 12.9 Å². The SMILES string of the molecule is O=C(NCc1ccc(OC(F)(F)F)cc1)c1nnc(-c2cc(Cl)c(O)c(Cl)c2)o1. The minimum atomic E-state index is -4.78. The Morgan fingerprint density at radius 2 is 1.76 bits per heavy atom. The quantitative estimate of drug-likeness (QED) is 0.594. The molecule has 2 N–H and O–H groups in total. The van der Waals surface area contributed by atoms with Gasteiger partial charge in [-0.2, -0.15) is 0 Å². The summed E-state index contributed by atoms with van der Waals surface area (Å²) < 4.78 is 45.5. The summed E-state index contributed by atoms with van der Waals surface area (Å²) in [6.45, 7) is -0.000287. The van der Waals surface area contributed by atoms with Gasteiger partial charge in [-0.3, -0.25) is 4.79 Å². The molecular weight excluding hydrogens is 438 g/mol. The Morgan fingerprint density at radius 1 is 1.14 bits per heavy atom. The second kappa shape index (κ2) is 8.18. The van der Waals surface area contributed by atoms with Crippen LogP contribution in [-0.4, -0.2) is 27.6 Å². The molecule has 0 aliphatic heterocycles. The first-order valence-corrected chi connectivity index (χ1v) is 8.53. The Bertz CT molecular complexity index is 1020. The van der Waals surface area contributed by atoms with E-state index < -0.39 is 12.3 Å². The van der Waals surface area contributed by atoms with E-state index in [1.54, 1.807) is 0 Å². The van der Waals surface area contributed by atoms with E-state index in [2.05, 4.69) is 20.3 Å². The van der Waals surface area contributed by atoms with Crippen LogP contribution in [0.15, 0.2) is 40.8 Å². The Hall–Kier alpha value is -2.98. The summed E-state index contributed by atoms with van der Waals surface area (Å²) in [7, 11) is 0. The number of hydrogen-bond donors (Lipinski definition) is 2. The summed E-state index contributed by atoms with van der Waals surface area (Å²) >= 11 is 11.7. The molecule has 7 nitrogen and oxygen atoms in total. The maximum Gasteiger partial charge on any atom is 0.573 e. The van der Waals surface area contributed by atoms with Gasteiger partial charge in [-0.25, -0.2) is 0 Å². The van der Waals surface area contributed by atoms with E-state index in [0.717, 1.165) is 12.1 Å². The van der Waals surface area contributed by atoms with E-state index in [0.29, 0.717) is 11.1 Å². The van der Waals surface area contributed by atoms with Crippen molar-refractivity contribution in [1.82, 2.24) is 15.5 Å². The minimum absolute atomic E-state index is 0.000287. The first kappa shape index (κ1) is 20.7. The van der Waals surface area contributed by atoms with E-state index in [1.807, 2.05) is 0 Å². The predicted octanol–water partition coefficient (Wildman–Crippen LogP) is 4.58. The summed E-state index contributed by atoms with van der Waals surface area (Å²) in [5, 5.41) is 19.3. The number of phenols is 1. The van der Waals surface area contributed by atoms with Gasteiger partial charge in [0, 0.05) is 12.1 Å². The number of halogens is 5. The second-order valence-corrected chi connectivity index (χ2v) is 6.39. The van der Waals surface area contributed by atoms with Crippen molar-refractivity contribution < 1.29 is 32.2 Å². The van der Waals surface area contributed by atoms with Crippen molar-refractivity contribution >= 4 is 29.1 Å². The van der Waals surface area contributed by atoms with Crippen LogP contribution in [0.2, 0.25) is 10.0 Å². The molecule has 29 heavy (non-hydrogen) atoms. The number of nitrogens with one attached hydrogen (secondary N) is 1. The van der Waals surface area contributed by atoms with E-state index in [4.69, 9.17) is 27.6 Å². The number of alkyl halides is 3. The monoisotopic (exact) mass is 447 g/mol. The number of nitrogens with zero attached hydrogens (tertiary/aromatic N) is 2. The highest BCUT2D eigenvalue weighted by Gasteiger charge is 2.31. The van der Waals surface area contributed by atoms with Gasteiger partial charge in [0.1, 0.15) is 5.75 Å². The molecule has 0 atom stereocenters. The van der Waals surface area contributed by atoms with Crippen molar-refractivity contribution in [2.24, 2.45) is 0 Å². The molecule has 0 saturated carbocycles. The Kier molecular flexibility index (Phi) is 5.85. The highest BCUT2D eigenvalue weighted by Crippen LogP contribution is 2.36. The molecule has 1 amide bonds. The maximum absolute atomic E-state index is 12.1. The van der Waals surface area contributed by atoms with E-state index in [9.17, 15) is 23.1 Å². The molecule has 0 radical (unpaired) electrons. The number of aromatic hydroxyl groups is 1. The highest BCUT2D eigenvalue weighted by atomic mass is 35.5. The van der Waals surface area contributed by atoms with E-state index >= 15 is 0 Å². The molecule has 0 unspecified atom stereocenters. The van der Waals surface area contributed by atoms with Crippen LogP contribution < -0.4 is 10.1 Å². The summed E-state index contributed by atoms with van der Waals surface area (Å²) in [4.78, 5) is 12.1. The van der Waals surface area contributed by atoms with Crippen molar-refractivity contribution in [3.63, 3.8) is 0 Å². The van der Waals surface area contributed by atoms with Gasteiger partial charge in [0.2, 0.25) is 5.89 Å². The molecule has 0 spiro atoms. The number of carbonyl (C=O) groups is 1. The molecular formula is C17H10Cl2F3N3O4. The lowest BCUT2D eigenvalue weighted by molar-refractivity contribution is -0.274. The molecule has 1 heterocycles. The van der Waals surface area contributed by atoms with Crippen molar-refractivity contribution in [3.05, 3.63) is 57.9 Å². The van der Waals surface area contributed by atoms with Crippen LogP contribution >= 0.6 is 23.2 Å². The fourth-order valence-electron chi connectivity index (χ4n) is 2.19. The Labute approximate surface area is 171 Å². The van der Waals surface area contributed by atoms with Crippen molar-refractivity contribution in [2.75, 3.05) is 0 Å². The molecule has 12 heteroatoms. The number of carbonyl (C=O) groups excluding carboxylic acids is 1. The number of ether oxygens (including phenoxy) is 1. The average Bonchev–Trinajstić information content (AvgIpc) is 3.14. The molecule has 3 aromatic rings. The fourth-order valence-corrected chi connectivity index (χ4v) is 2.67. The zero-order chi connectivity index (χ0) is 21.2. The predicted molar refractivity (Wildman–Crippen MR) is 95.7 cm³/mol. The first-order valence-electron chi connectivity index (χ1n) is 7.77. The van der Waals surface area contributed by atoms with Crippen LogP contribution in [0.3, 0.4) is 0 Å². The number of phenolic OH excluding ortho intramolecular Hbond substituents is 1.